The van der Waals surface area contributed by atoms with Crippen molar-refractivity contribution in [2.45, 2.75) is 13.8 Å². The molecule has 2 N–H and O–H groups in total. The van der Waals surface area contributed by atoms with Crippen molar-refractivity contribution in [3.8, 4) is 12.1 Å². The van der Waals surface area contributed by atoms with Crippen LogP contribution in [0.4, 0.5) is 5.82 Å². The van der Waals surface area contributed by atoms with Crippen molar-refractivity contribution in [3.05, 3.63) is 58.0 Å². The number of fused-ring (bicyclic) bond motifs is 1. The van der Waals surface area contributed by atoms with Crippen LogP contribution in [0.1, 0.15) is 34.9 Å². The molecule has 1 aliphatic rings. The van der Waals surface area contributed by atoms with E-state index in [4.69, 9.17) is 5.73 Å². The minimum Gasteiger partial charge on any atom is -0.383 e. The topological polar surface area (TPSA) is 99.4 Å². The SMILES string of the molecule is CC1=C(C#N)c2nc(N)c(C#N)c(C)c2C1=Cc1cccnc1. The number of nitrogens with zero attached hydrogens (tertiary/aromatic N) is 4. The standard InChI is InChI=1S/C18H13N5/c1-10-13(6-12-4-3-5-22-9-12)16-11(2)15(8-20)18(21)23-17(16)14(10)7-19/h3-6,9H,1-2H3,(H2,21,23). The number of hydrogen-bond donors (Lipinski definition) is 1. The zero-order chi connectivity index (χ0) is 16.6. The molecule has 0 aliphatic heterocycles. The van der Waals surface area contributed by atoms with Gasteiger partial charge in [0.05, 0.1) is 16.8 Å². The summed E-state index contributed by atoms with van der Waals surface area (Å²) in [5, 5.41) is 18.8. The molecule has 0 bridgehead atoms. The Morgan fingerprint density at radius 3 is 2.61 bits per heavy atom. The fraction of sp³-hybridized carbons (Fsp3) is 0.111. The highest BCUT2D eigenvalue weighted by molar-refractivity contribution is 6.08. The summed E-state index contributed by atoms with van der Waals surface area (Å²) >= 11 is 0. The van der Waals surface area contributed by atoms with Gasteiger partial charge in [0.1, 0.15) is 18.0 Å². The van der Waals surface area contributed by atoms with Crippen LogP contribution in [-0.4, -0.2) is 9.97 Å². The first-order chi connectivity index (χ1) is 11.1. The molecule has 0 fully saturated rings. The molecule has 1 aliphatic carbocycles. The highest BCUT2D eigenvalue weighted by Gasteiger charge is 2.29. The quantitative estimate of drug-likeness (QED) is 0.872. The monoisotopic (exact) mass is 299 g/mol. The number of nitriles is 2. The second-order valence-electron chi connectivity index (χ2n) is 5.29. The Hall–Kier alpha value is -3.44. The van der Waals surface area contributed by atoms with Crippen LogP contribution in [0.15, 0.2) is 30.1 Å². The molecular weight excluding hydrogens is 286 g/mol. The number of pyridine rings is 2. The molecule has 2 aromatic heterocycles. The Balaban J connectivity index is 2.35. The van der Waals surface area contributed by atoms with Gasteiger partial charge >= 0.3 is 0 Å². The Morgan fingerprint density at radius 2 is 2.00 bits per heavy atom. The van der Waals surface area contributed by atoms with Gasteiger partial charge in [0.2, 0.25) is 0 Å². The third-order valence-electron chi connectivity index (χ3n) is 3.98. The molecule has 0 radical (unpaired) electrons. The molecule has 0 spiro atoms. The van der Waals surface area contributed by atoms with Gasteiger partial charge in [-0.3, -0.25) is 4.98 Å². The first-order valence-electron chi connectivity index (χ1n) is 7.02. The van der Waals surface area contributed by atoms with Crippen LogP contribution >= 0.6 is 0 Å². The average Bonchev–Trinajstić information content (AvgIpc) is 2.80. The van der Waals surface area contributed by atoms with Gasteiger partial charge in [0.25, 0.3) is 0 Å². The van der Waals surface area contributed by atoms with Crippen LogP contribution < -0.4 is 5.73 Å². The number of aromatic nitrogens is 2. The van der Waals surface area contributed by atoms with Gasteiger partial charge in [-0.1, -0.05) is 6.07 Å². The van der Waals surface area contributed by atoms with Gasteiger partial charge in [0, 0.05) is 18.0 Å². The van der Waals surface area contributed by atoms with E-state index in [1.807, 2.05) is 32.1 Å². The molecule has 0 atom stereocenters. The maximum Gasteiger partial charge on any atom is 0.142 e. The number of anilines is 1. The van der Waals surface area contributed by atoms with Gasteiger partial charge in [-0.05, 0) is 48.3 Å². The van der Waals surface area contributed by atoms with E-state index in [1.165, 1.54) is 0 Å². The molecule has 0 amide bonds. The van der Waals surface area contributed by atoms with Crippen molar-refractivity contribution in [1.29, 1.82) is 10.5 Å². The number of rotatable bonds is 1. The van der Waals surface area contributed by atoms with Crippen molar-refractivity contribution in [1.82, 2.24) is 9.97 Å². The zero-order valence-corrected chi connectivity index (χ0v) is 12.8. The van der Waals surface area contributed by atoms with E-state index in [0.29, 0.717) is 16.8 Å². The molecule has 0 saturated carbocycles. The summed E-state index contributed by atoms with van der Waals surface area (Å²) in [6, 6.07) is 8.08. The maximum absolute atomic E-state index is 9.48. The third-order valence-corrected chi connectivity index (χ3v) is 3.98. The van der Waals surface area contributed by atoms with Crippen LogP contribution in [0.5, 0.6) is 0 Å². The van der Waals surface area contributed by atoms with Crippen molar-refractivity contribution < 1.29 is 0 Å². The van der Waals surface area contributed by atoms with Crippen molar-refractivity contribution in [2.75, 3.05) is 5.73 Å². The normalized spacial score (nSPS) is 14.5. The first kappa shape index (κ1) is 14.5. The molecule has 23 heavy (non-hydrogen) atoms. The van der Waals surface area contributed by atoms with E-state index >= 15 is 0 Å². The summed E-state index contributed by atoms with van der Waals surface area (Å²) < 4.78 is 0. The van der Waals surface area contributed by atoms with Crippen molar-refractivity contribution >= 4 is 23.0 Å². The molecule has 0 aromatic carbocycles. The summed E-state index contributed by atoms with van der Waals surface area (Å²) in [4.78, 5) is 8.40. The highest BCUT2D eigenvalue weighted by atomic mass is 14.9. The van der Waals surface area contributed by atoms with Crippen LogP contribution in [0.25, 0.3) is 17.2 Å². The smallest absolute Gasteiger partial charge is 0.142 e. The zero-order valence-electron chi connectivity index (χ0n) is 12.8. The summed E-state index contributed by atoms with van der Waals surface area (Å²) in [5.74, 6) is 0.159. The lowest BCUT2D eigenvalue weighted by atomic mass is 9.96. The number of allylic oxidation sites excluding steroid dienone is 3. The Morgan fingerprint density at radius 1 is 1.22 bits per heavy atom. The minimum absolute atomic E-state index is 0.159. The van der Waals surface area contributed by atoms with E-state index in [0.717, 1.165) is 27.8 Å². The van der Waals surface area contributed by atoms with Gasteiger partial charge in [-0.25, -0.2) is 4.98 Å². The second-order valence-corrected chi connectivity index (χ2v) is 5.29. The van der Waals surface area contributed by atoms with Crippen molar-refractivity contribution in [3.63, 3.8) is 0 Å². The largest absolute Gasteiger partial charge is 0.383 e. The molecule has 0 saturated heterocycles. The maximum atomic E-state index is 9.48. The lowest BCUT2D eigenvalue weighted by Gasteiger charge is -2.10. The van der Waals surface area contributed by atoms with Crippen LogP contribution in [-0.2, 0) is 0 Å². The Bertz CT molecular complexity index is 954. The van der Waals surface area contributed by atoms with E-state index in [1.54, 1.807) is 12.4 Å². The second kappa shape index (κ2) is 5.40. The summed E-state index contributed by atoms with van der Waals surface area (Å²) in [5.41, 5.74) is 11.4. The van der Waals surface area contributed by atoms with Crippen LogP contribution in [0.2, 0.25) is 0 Å². The number of hydrogen-bond acceptors (Lipinski definition) is 5. The molecule has 5 nitrogen and oxygen atoms in total. The summed E-state index contributed by atoms with van der Waals surface area (Å²) in [6.45, 7) is 3.71. The summed E-state index contributed by atoms with van der Waals surface area (Å²) in [7, 11) is 0. The van der Waals surface area contributed by atoms with E-state index in [-0.39, 0.29) is 5.82 Å². The fourth-order valence-electron chi connectivity index (χ4n) is 2.82. The lowest BCUT2D eigenvalue weighted by molar-refractivity contribution is 1.22. The van der Waals surface area contributed by atoms with Gasteiger partial charge in [-0.2, -0.15) is 10.5 Å². The van der Waals surface area contributed by atoms with Crippen molar-refractivity contribution in [2.24, 2.45) is 0 Å². The van der Waals surface area contributed by atoms with E-state index < -0.39 is 0 Å². The predicted molar refractivity (Wildman–Crippen MR) is 88.4 cm³/mol. The van der Waals surface area contributed by atoms with Crippen LogP contribution in [0.3, 0.4) is 0 Å². The number of nitrogen functional groups attached to an aromatic ring is 1. The third kappa shape index (κ3) is 2.16. The average molecular weight is 299 g/mol. The highest BCUT2D eigenvalue weighted by Crippen LogP contribution is 2.43. The molecule has 2 heterocycles. The van der Waals surface area contributed by atoms with E-state index in [2.05, 4.69) is 22.1 Å². The van der Waals surface area contributed by atoms with Gasteiger partial charge in [0.15, 0.2) is 0 Å². The molecule has 110 valence electrons. The Kier molecular flexibility index (Phi) is 3.40. The van der Waals surface area contributed by atoms with Crippen LogP contribution in [0, 0.1) is 29.6 Å². The number of nitrogens with two attached hydrogens (primary N) is 1. The molecule has 0 unspecified atom stereocenters. The summed E-state index contributed by atoms with van der Waals surface area (Å²) in [6.07, 6.45) is 5.41. The Labute approximate surface area is 134 Å². The first-order valence-corrected chi connectivity index (χ1v) is 7.02. The minimum atomic E-state index is 0.159. The van der Waals surface area contributed by atoms with E-state index in [9.17, 15) is 10.5 Å². The predicted octanol–water partition coefficient (Wildman–Crippen LogP) is 3.09. The molecule has 2 aromatic rings. The molecular formula is C18H13N5. The fourth-order valence-corrected chi connectivity index (χ4v) is 2.82. The molecule has 3 rings (SSSR count). The lowest BCUT2D eigenvalue weighted by Crippen LogP contribution is -2.03. The van der Waals surface area contributed by atoms with Gasteiger partial charge < -0.3 is 5.73 Å². The van der Waals surface area contributed by atoms with Gasteiger partial charge in [-0.15, -0.1) is 0 Å². The molecule has 5 heteroatoms.